The highest BCUT2D eigenvalue weighted by Crippen LogP contribution is 2.38. The molecule has 0 aliphatic carbocycles. The molecule has 0 saturated heterocycles. The predicted molar refractivity (Wildman–Crippen MR) is 283 cm³/mol. The van der Waals surface area contributed by atoms with Gasteiger partial charge in [0.1, 0.15) is 13.2 Å². The number of likely N-dealkylation sites (N-methyl/N-ethyl adjacent to an activating group) is 1. The van der Waals surface area contributed by atoms with E-state index in [0.29, 0.717) is 23.9 Å². The molecule has 0 spiro atoms. The summed E-state index contributed by atoms with van der Waals surface area (Å²) in [5, 5.41) is 13.8. The Labute approximate surface area is 405 Å². The van der Waals surface area contributed by atoms with Gasteiger partial charge in [0.05, 0.1) is 39.9 Å². The Bertz CT molecular complexity index is 1530. The number of unbranched alkanes of at least 4 members (excludes halogenated alkanes) is 11. The van der Waals surface area contributed by atoms with E-state index in [-0.39, 0.29) is 18.9 Å². The van der Waals surface area contributed by atoms with E-state index in [1.807, 2.05) is 27.2 Å². The molecule has 0 aromatic rings. The zero-order chi connectivity index (χ0) is 48.5. The van der Waals surface area contributed by atoms with E-state index in [4.69, 9.17) is 9.05 Å². The van der Waals surface area contributed by atoms with Gasteiger partial charge in [0.15, 0.2) is 0 Å². The maximum absolute atomic E-state index is 12.9. The van der Waals surface area contributed by atoms with E-state index in [0.717, 1.165) is 89.9 Å². The molecule has 2 N–H and O–H groups in total. The van der Waals surface area contributed by atoms with Crippen molar-refractivity contribution in [3.8, 4) is 0 Å². The molecule has 0 aliphatic rings. The van der Waals surface area contributed by atoms with Gasteiger partial charge in [0, 0.05) is 6.42 Å². The van der Waals surface area contributed by atoms with E-state index < -0.39 is 26.6 Å². The van der Waals surface area contributed by atoms with Gasteiger partial charge >= 0.3 is 0 Å². The molecule has 0 bridgehead atoms. The molecule has 0 radical (unpaired) electrons. The van der Waals surface area contributed by atoms with E-state index >= 15 is 0 Å². The van der Waals surface area contributed by atoms with Gasteiger partial charge < -0.3 is 28.8 Å². The topological polar surface area (TPSA) is 108 Å². The number of nitrogens with one attached hydrogen (secondary N) is 1. The van der Waals surface area contributed by atoms with Crippen LogP contribution >= 0.6 is 7.82 Å². The van der Waals surface area contributed by atoms with Crippen LogP contribution in [0.15, 0.2) is 134 Å². The SMILES string of the molecule is CC/C=C\C/C=C\C/C=C\C/C=C\C/C=C\C/C=C\C/C=C\C/C=C\CCCCC(=O)NC(COP(=O)([O-])OCC[N+](C)(C)C)C(O)/C=C/CC/C=C/CC/C=C/CCCCCCCCC. The number of quaternary nitrogens is 1. The monoisotopic (exact) mass is 935 g/mol. The third-order valence-corrected chi connectivity index (χ3v) is 11.3. The number of aliphatic hydroxyl groups is 1. The summed E-state index contributed by atoms with van der Waals surface area (Å²) in [6.45, 7) is 4.43. The third-order valence-electron chi connectivity index (χ3n) is 10.3. The lowest BCUT2D eigenvalue weighted by atomic mass is 10.1. The van der Waals surface area contributed by atoms with Crippen molar-refractivity contribution < 1.29 is 32.9 Å². The fourth-order valence-electron chi connectivity index (χ4n) is 6.31. The number of amides is 1. The molecule has 0 saturated carbocycles. The van der Waals surface area contributed by atoms with E-state index in [2.05, 4.69) is 141 Å². The van der Waals surface area contributed by atoms with Crippen LogP contribution in [-0.2, 0) is 18.4 Å². The highest BCUT2D eigenvalue weighted by molar-refractivity contribution is 7.45. The van der Waals surface area contributed by atoms with Gasteiger partial charge in [0.25, 0.3) is 7.82 Å². The number of carbonyl (C=O) groups is 1. The number of aliphatic hydroxyl groups excluding tert-OH is 1. The molecule has 66 heavy (non-hydrogen) atoms. The van der Waals surface area contributed by atoms with Crippen LogP contribution in [0, 0.1) is 0 Å². The summed E-state index contributed by atoms with van der Waals surface area (Å²) in [6, 6.07) is -0.944. The maximum Gasteiger partial charge on any atom is 0.268 e. The van der Waals surface area contributed by atoms with Gasteiger partial charge in [-0.15, -0.1) is 0 Å². The molecule has 0 fully saturated rings. The molecule has 0 rings (SSSR count). The second kappa shape index (κ2) is 46.7. The Kier molecular flexibility index (Phi) is 44.4. The summed E-state index contributed by atoms with van der Waals surface area (Å²) in [6.07, 6.45) is 70.9. The van der Waals surface area contributed by atoms with Crippen LogP contribution in [-0.4, -0.2) is 68.5 Å². The average molecular weight is 935 g/mol. The van der Waals surface area contributed by atoms with Crippen molar-refractivity contribution >= 4 is 13.7 Å². The van der Waals surface area contributed by atoms with Crippen LogP contribution in [0.3, 0.4) is 0 Å². The van der Waals surface area contributed by atoms with Gasteiger partial charge in [-0.3, -0.25) is 9.36 Å². The summed E-state index contributed by atoms with van der Waals surface area (Å²) in [4.78, 5) is 25.4. The van der Waals surface area contributed by atoms with Gasteiger partial charge in [-0.1, -0.05) is 186 Å². The van der Waals surface area contributed by atoms with Crippen LogP contribution in [0.1, 0.15) is 168 Å². The number of phosphoric acid groups is 1. The molecule has 1 amide bonds. The molecular weight excluding hydrogens is 840 g/mol. The number of phosphoric ester groups is 1. The molecule has 3 unspecified atom stereocenters. The fraction of sp³-hybridized carbons (Fsp3) is 0.596. The van der Waals surface area contributed by atoms with Crippen molar-refractivity contribution in [3.63, 3.8) is 0 Å². The normalized spacial score (nSPS) is 15.2. The molecule has 8 nitrogen and oxygen atoms in total. The van der Waals surface area contributed by atoms with Crippen molar-refractivity contribution in [3.05, 3.63) is 134 Å². The third kappa shape index (κ3) is 48.6. The molecule has 0 aromatic carbocycles. The van der Waals surface area contributed by atoms with Gasteiger partial charge in [-0.05, 0) is 109 Å². The molecule has 0 aromatic heterocycles. The minimum Gasteiger partial charge on any atom is -0.756 e. The van der Waals surface area contributed by atoms with Crippen molar-refractivity contribution in [2.75, 3.05) is 40.9 Å². The summed E-state index contributed by atoms with van der Waals surface area (Å²) in [5.74, 6) is -0.261. The van der Waals surface area contributed by atoms with Gasteiger partial charge in [-0.25, -0.2) is 0 Å². The number of carbonyl (C=O) groups excluding carboxylic acids is 1. The van der Waals surface area contributed by atoms with Crippen LogP contribution in [0.4, 0.5) is 0 Å². The largest absolute Gasteiger partial charge is 0.756 e. The highest BCUT2D eigenvalue weighted by atomic mass is 31.2. The molecule has 374 valence electrons. The van der Waals surface area contributed by atoms with Crippen LogP contribution < -0.4 is 10.2 Å². The Morgan fingerprint density at radius 2 is 0.939 bits per heavy atom. The highest BCUT2D eigenvalue weighted by Gasteiger charge is 2.23. The quantitative estimate of drug-likeness (QED) is 0.0273. The fourth-order valence-corrected chi connectivity index (χ4v) is 7.04. The maximum atomic E-state index is 12.9. The first-order valence-electron chi connectivity index (χ1n) is 25.5. The van der Waals surface area contributed by atoms with E-state index in [1.54, 1.807) is 6.08 Å². The standard InChI is InChI=1S/C57H95N2O6P/c1-6-8-10-12-14-16-18-20-22-24-25-26-27-28-29-30-31-32-33-35-37-39-41-43-45-47-49-51-57(61)58-55(54-65-66(62,63)64-53-52-59(3,4)5)56(60)50-48-46-44-42-40-38-36-34-23-21-19-17-15-13-11-9-7-2/h8,10,14,16,20,22-23,25-26,28-29,31-32,34-35,37,40-43,48,50,55-56,60H,6-7,9,11-13,15,17-19,21,24,27,30,33,36,38-39,44-47,49,51-54H2,1-5H3,(H-,58,61,62,63)/b10-8-,16-14-,22-20-,26-25-,29-28-,32-31-,34-23+,37-35-,42-40+,43-41-,50-48+. The predicted octanol–water partition coefficient (Wildman–Crippen LogP) is 14.6. The second-order valence-corrected chi connectivity index (χ2v) is 19.2. The lowest BCUT2D eigenvalue weighted by Crippen LogP contribution is -2.45. The lowest BCUT2D eigenvalue weighted by Gasteiger charge is -2.29. The van der Waals surface area contributed by atoms with E-state index in [1.165, 1.54) is 44.9 Å². The molecule has 9 heteroatoms. The van der Waals surface area contributed by atoms with Crippen molar-refractivity contribution in [1.29, 1.82) is 0 Å². The van der Waals surface area contributed by atoms with Gasteiger partial charge in [-0.2, -0.15) is 0 Å². The number of hydrogen-bond acceptors (Lipinski definition) is 6. The van der Waals surface area contributed by atoms with Crippen molar-refractivity contribution in [1.82, 2.24) is 5.32 Å². The minimum atomic E-state index is -4.63. The first-order valence-corrected chi connectivity index (χ1v) is 27.0. The Morgan fingerprint density at radius 1 is 0.545 bits per heavy atom. The summed E-state index contributed by atoms with van der Waals surface area (Å²) >= 11 is 0. The Hall–Kier alpha value is -3.36. The smallest absolute Gasteiger partial charge is 0.268 e. The summed E-state index contributed by atoms with van der Waals surface area (Å²) in [5.41, 5.74) is 0. The minimum absolute atomic E-state index is 0.0259. The van der Waals surface area contributed by atoms with Crippen LogP contribution in [0.5, 0.6) is 0 Å². The second-order valence-electron chi connectivity index (χ2n) is 17.8. The average Bonchev–Trinajstić information content (AvgIpc) is 3.28. The van der Waals surface area contributed by atoms with Crippen LogP contribution in [0.2, 0.25) is 0 Å². The number of rotatable bonds is 44. The Morgan fingerprint density at radius 3 is 1.41 bits per heavy atom. The summed E-state index contributed by atoms with van der Waals surface area (Å²) < 4.78 is 23.2. The molecule has 0 aliphatic heterocycles. The van der Waals surface area contributed by atoms with Crippen LogP contribution in [0.25, 0.3) is 0 Å². The molecule has 0 heterocycles. The lowest BCUT2D eigenvalue weighted by molar-refractivity contribution is -0.870. The zero-order valence-electron chi connectivity index (χ0n) is 42.3. The first kappa shape index (κ1) is 62.6. The number of allylic oxidation sites excluding steroid dienone is 21. The van der Waals surface area contributed by atoms with Crippen molar-refractivity contribution in [2.45, 2.75) is 180 Å². The van der Waals surface area contributed by atoms with Crippen molar-refractivity contribution in [2.24, 2.45) is 0 Å². The summed E-state index contributed by atoms with van der Waals surface area (Å²) in [7, 11) is 1.18. The number of hydrogen-bond donors (Lipinski definition) is 2. The molecule has 3 atom stereocenters. The number of nitrogens with zero attached hydrogens (tertiary/aromatic N) is 1. The van der Waals surface area contributed by atoms with Gasteiger partial charge in [0.2, 0.25) is 5.91 Å². The van der Waals surface area contributed by atoms with E-state index in [9.17, 15) is 19.4 Å². The molecular formula is C57H95N2O6P. The Balaban J connectivity index is 4.50. The first-order chi connectivity index (χ1) is 32.0. The zero-order valence-corrected chi connectivity index (χ0v) is 43.2.